The maximum absolute atomic E-state index is 13.4. The third-order valence-corrected chi connectivity index (χ3v) is 4.75. The van der Waals surface area contributed by atoms with Crippen molar-refractivity contribution in [3.05, 3.63) is 59.4 Å². The van der Waals surface area contributed by atoms with Gasteiger partial charge in [-0.05, 0) is 35.7 Å². The molecule has 4 nitrogen and oxygen atoms in total. The van der Waals surface area contributed by atoms with E-state index in [9.17, 15) is 9.18 Å². The number of para-hydroxylation sites is 1. The first kappa shape index (κ1) is 17.7. The summed E-state index contributed by atoms with van der Waals surface area (Å²) in [6.07, 6.45) is 1.06. The van der Waals surface area contributed by atoms with E-state index in [0.29, 0.717) is 18.8 Å². The number of piperazine rings is 1. The van der Waals surface area contributed by atoms with Crippen LogP contribution in [0.25, 0.3) is 0 Å². The predicted molar refractivity (Wildman–Crippen MR) is 99.9 cm³/mol. The van der Waals surface area contributed by atoms with Gasteiger partial charge in [0.15, 0.2) is 0 Å². The van der Waals surface area contributed by atoms with Crippen LogP contribution in [0.15, 0.2) is 42.5 Å². The lowest BCUT2D eigenvalue weighted by atomic mass is 10.1. The summed E-state index contributed by atoms with van der Waals surface area (Å²) in [4.78, 5) is 16.3. The van der Waals surface area contributed by atoms with Crippen molar-refractivity contribution in [1.82, 2.24) is 4.90 Å². The zero-order valence-electron chi connectivity index (χ0n) is 13.9. The van der Waals surface area contributed by atoms with Crippen LogP contribution in [0.4, 0.5) is 15.8 Å². The minimum Gasteiger partial charge on any atom is -0.384 e. The Balaban J connectivity index is 0.00000182. The average molecular weight is 362 g/mol. The molecule has 0 unspecified atom stereocenters. The molecule has 1 amide bonds. The van der Waals surface area contributed by atoms with Gasteiger partial charge in [0.1, 0.15) is 5.82 Å². The Labute approximate surface area is 153 Å². The summed E-state index contributed by atoms with van der Waals surface area (Å²) in [5.41, 5.74) is 4.48. The van der Waals surface area contributed by atoms with Gasteiger partial charge in [-0.1, -0.05) is 24.3 Å². The molecule has 1 saturated heterocycles. The van der Waals surface area contributed by atoms with Crippen LogP contribution in [0, 0.1) is 5.82 Å². The summed E-state index contributed by atoms with van der Waals surface area (Å²) >= 11 is 0. The van der Waals surface area contributed by atoms with Gasteiger partial charge in [0.05, 0.1) is 6.54 Å². The molecule has 1 N–H and O–H groups in total. The fourth-order valence-electron chi connectivity index (χ4n) is 3.56. The second-order valence-corrected chi connectivity index (χ2v) is 6.36. The quantitative estimate of drug-likeness (QED) is 0.912. The average Bonchev–Trinajstić information content (AvgIpc) is 3.05. The number of fused-ring (bicyclic) bond motifs is 1. The highest BCUT2D eigenvalue weighted by molar-refractivity contribution is 5.95. The van der Waals surface area contributed by atoms with Crippen LogP contribution in [0.5, 0.6) is 0 Å². The van der Waals surface area contributed by atoms with Crippen molar-refractivity contribution < 1.29 is 9.18 Å². The van der Waals surface area contributed by atoms with Gasteiger partial charge in [-0.3, -0.25) is 9.69 Å². The van der Waals surface area contributed by atoms with E-state index in [0.717, 1.165) is 26.1 Å². The molecular weight excluding hydrogens is 341 g/mol. The van der Waals surface area contributed by atoms with E-state index in [1.165, 1.54) is 28.9 Å². The molecule has 0 bridgehead atoms. The highest BCUT2D eigenvalue weighted by Gasteiger charge is 2.26. The van der Waals surface area contributed by atoms with Crippen molar-refractivity contribution in [3.63, 3.8) is 0 Å². The van der Waals surface area contributed by atoms with E-state index in [4.69, 9.17) is 0 Å². The molecule has 2 heterocycles. The molecule has 2 aliphatic heterocycles. The normalized spacial score (nSPS) is 17.0. The fourth-order valence-corrected chi connectivity index (χ4v) is 3.56. The Morgan fingerprint density at radius 1 is 1.12 bits per heavy atom. The molecule has 0 aromatic heterocycles. The Kier molecular flexibility index (Phi) is 5.25. The number of carbonyl (C=O) groups excluding carboxylic acids is 1. The van der Waals surface area contributed by atoms with Crippen LogP contribution in [-0.4, -0.2) is 37.0 Å². The topological polar surface area (TPSA) is 35.6 Å². The molecule has 25 heavy (non-hydrogen) atoms. The zero-order valence-corrected chi connectivity index (χ0v) is 14.7. The summed E-state index contributed by atoms with van der Waals surface area (Å²) in [5, 5.41) is 3.45. The van der Waals surface area contributed by atoms with Gasteiger partial charge in [-0.15, -0.1) is 12.4 Å². The van der Waals surface area contributed by atoms with Crippen molar-refractivity contribution >= 4 is 29.7 Å². The molecule has 0 aliphatic carbocycles. The molecule has 0 atom stereocenters. The van der Waals surface area contributed by atoms with Gasteiger partial charge in [0, 0.05) is 37.6 Å². The SMILES string of the molecule is Cl.O=C1CN(Cc2cccc3c2NCC3)CCN1c1cccc(F)c1. The van der Waals surface area contributed by atoms with Gasteiger partial charge in [-0.2, -0.15) is 0 Å². The molecule has 0 radical (unpaired) electrons. The number of carbonyl (C=O) groups is 1. The van der Waals surface area contributed by atoms with Crippen molar-refractivity contribution in [2.24, 2.45) is 0 Å². The molecule has 0 saturated carbocycles. The molecule has 2 aliphatic rings. The van der Waals surface area contributed by atoms with Crippen LogP contribution in [-0.2, 0) is 17.8 Å². The molecule has 132 valence electrons. The Hall–Kier alpha value is -2.11. The number of amides is 1. The molecule has 2 aromatic rings. The van der Waals surface area contributed by atoms with Gasteiger partial charge in [0.2, 0.25) is 5.91 Å². The smallest absolute Gasteiger partial charge is 0.241 e. The molecular formula is C19H21ClFN3O. The predicted octanol–water partition coefficient (Wildman–Crippen LogP) is 3.06. The summed E-state index contributed by atoms with van der Waals surface area (Å²) in [7, 11) is 0. The van der Waals surface area contributed by atoms with E-state index < -0.39 is 0 Å². The number of anilines is 2. The Morgan fingerprint density at radius 3 is 2.76 bits per heavy atom. The number of hydrogen-bond acceptors (Lipinski definition) is 3. The largest absolute Gasteiger partial charge is 0.384 e. The monoisotopic (exact) mass is 361 g/mol. The van der Waals surface area contributed by atoms with Crippen molar-refractivity contribution in [3.8, 4) is 0 Å². The summed E-state index contributed by atoms with van der Waals surface area (Å²) in [6, 6.07) is 12.6. The number of benzene rings is 2. The van der Waals surface area contributed by atoms with Gasteiger partial charge in [0.25, 0.3) is 0 Å². The van der Waals surface area contributed by atoms with E-state index in [-0.39, 0.29) is 24.1 Å². The molecule has 2 aromatic carbocycles. The van der Waals surface area contributed by atoms with Crippen molar-refractivity contribution in [2.45, 2.75) is 13.0 Å². The van der Waals surface area contributed by atoms with Crippen LogP contribution in [0.2, 0.25) is 0 Å². The van der Waals surface area contributed by atoms with E-state index in [1.54, 1.807) is 17.0 Å². The van der Waals surface area contributed by atoms with Gasteiger partial charge >= 0.3 is 0 Å². The van der Waals surface area contributed by atoms with Crippen LogP contribution in [0.1, 0.15) is 11.1 Å². The Morgan fingerprint density at radius 2 is 1.96 bits per heavy atom. The number of nitrogens with one attached hydrogen (secondary N) is 1. The summed E-state index contributed by atoms with van der Waals surface area (Å²) < 4.78 is 13.4. The number of hydrogen-bond donors (Lipinski definition) is 1. The van der Waals surface area contributed by atoms with Gasteiger partial charge < -0.3 is 10.2 Å². The molecule has 0 spiro atoms. The molecule has 1 fully saturated rings. The zero-order chi connectivity index (χ0) is 16.5. The first-order valence-corrected chi connectivity index (χ1v) is 8.33. The van der Waals surface area contributed by atoms with Crippen molar-refractivity contribution in [2.75, 3.05) is 36.4 Å². The lowest BCUT2D eigenvalue weighted by Crippen LogP contribution is -2.50. The minimum absolute atomic E-state index is 0. The molecule has 6 heteroatoms. The highest BCUT2D eigenvalue weighted by atomic mass is 35.5. The van der Waals surface area contributed by atoms with E-state index >= 15 is 0 Å². The van der Waals surface area contributed by atoms with Gasteiger partial charge in [-0.25, -0.2) is 4.39 Å². The molecule has 4 rings (SSSR count). The van der Waals surface area contributed by atoms with Crippen LogP contribution < -0.4 is 10.2 Å². The van der Waals surface area contributed by atoms with Crippen LogP contribution in [0.3, 0.4) is 0 Å². The highest BCUT2D eigenvalue weighted by Crippen LogP contribution is 2.28. The third-order valence-electron chi connectivity index (χ3n) is 4.75. The fraction of sp³-hybridized carbons (Fsp3) is 0.316. The maximum atomic E-state index is 13.4. The summed E-state index contributed by atoms with van der Waals surface area (Å²) in [6.45, 7) is 3.48. The Bertz CT molecular complexity index is 783. The second kappa shape index (κ2) is 7.42. The van der Waals surface area contributed by atoms with Crippen molar-refractivity contribution in [1.29, 1.82) is 0 Å². The van der Waals surface area contributed by atoms with Crippen LogP contribution >= 0.6 is 12.4 Å². The third kappa shape index (κ3) is 3.62. The minimum atomic E-state index is -0.311. The first-order valence-electron chi connectivity index (χ1n) is 8.33. The number of nitrogens with zero attached hydrogens (tertiary/aromatic N) is 2. The van der Waals surface area contributed by atoms with E-state index in [1.807, 2.05) is 0 Å². The number of halogens is 2. The summed E-state index contributed by atoms with van der Waals surface area (Å²) in [5.74, 6) is -0.291. The van der Waals surface area contributed by atoms with E-state index in [2.05, 4.69) is 28.4 Å². The first-order chi connectivity index (χ1) is 11.7. The lowest BCUT2D eigenvalue weighted by molar-refractivity contribution is -0.121. The maximum Gasteiger partial charge on any atom is 0.241 e. The second-order valence-electron chi connectivity index (χ2n) is 6.36. The number of rotatable bonds is 3. The lowest BCUT2D eigenvalue weighted by Gasteiger charge is -2.34. The standard InChI is InChI=1S/C19H20FN3O.ClH/c20-16-5-2-6-17(11-16)23-10-9-22(13-18(23)24)12-15-4-1-3-14-7-8-21-19(14)15;/h1-6,11,21H,7-10,12-13H2;1H.